The molecule has 32 heavy (non-hydrogen) atoms. The van der Waals surface area contributed by atoms with Crippen molar-refractivity contribution in [2.45, 2.75) is 53.6 Å². The first-order valence-corrected chi connectivity index (χ1v) is 10.9. The van der Waals surface area contributed by atoms with Crippen molar-refractivity contribution in [1.29, 1.82) is 0 Å². The quantitative estimate of drug-likeness (QED) is 0.445. The average molecular weight is 441 g/mol. The van der Waals surface area contributed by atoms with Crippen molar-refractivity contribution in [2.24, 2.45) is 11.8 Å². The van der Waals surface area contributed by atoms with Crippen LogP contribution < -0.4 is 10.6 Å². The van der Waals surface area contributed by atoms with E-state index in [9.17, 15) is 9.59 Å². The van der Waals surface area contributed by atoms with Gasteiger partial charge in [-0.2, -0.15) is 0 Å². The summed E-state index contributed by atoms with van der Waals surface area (Å²) in [6.45, 7) is 11.1. The molecule has 0 saturated carbocycles. The fourth-order valence-electron chi connectivity index (χ4n) is 3.91. The maximum absolute atomic E-state index is 12.8. The highest BCUT2D eigenvalue weighted by Gasteiger charge is 2.27. The van der Waals surface area contributed by atoms with Crippen molar-refractivity contribution >= 4 is 34.3 Å². The van der Waals surface area contributed by atoms with Gasteiger partial charge in [0.1, 0.15) is 11.9 Å². The Hall–Kier alpha value is -3.29. The van der Waals surface area contributed by atoms with E-state index in [1.807, 2.05) is 10.6 Å². The molecule has 0 fully saturated rings. The molecule has 2 N–H and O–H groups in total. The van der Waals surface area contributed by atoms with Gasteiger partial charge in [0, 0.05) is 18.0 Å². The second kappa shape index (κ2) is 9.89. The Kier molecular flexibility index (Phi) is 7.22. The van der Waals surface area contributed by atoms with E-state index in [-0.39, 0.29) is 23.6 Å². The van der Waals surface area contributed by atoms with Crippen molar-refractivity contribution in [3.05, 3.63) is 42.1 Å². The lowest BCUT2D eigenvalue weighted by atomic mass is 10.1. The van der Waals surface area contributed by atoms with Gasteiger partial charge in [-0.15, -0.1) is 0 Å². The van der Waals surface area contributed by atoms with Crippen molar-refractivity contribution in [3.63, 3.8) is 0 Å². The third kappa shape index (κ3) is 5.12. The molecule has 0 spiro atoms. The van der Waals surface area contributed by atoms with Crippen LogP contribution >= 0.6 is 0 Å². The summed E-state index contributed by atoms with van der Waals surface area (Å²) in [5.74, 6) is -0.109. The summed E-state index contributed by atoms with van der Waals surface area (Å²) in [6, 6.07) is 3.74. The summed E-state index contributed by atoms with van der Waals surface area (Å²) < 4.78 is 11.9. The van der Waals surface area contributed by atoms with Crippen LogP contribution in [0.15, 0.2) is 35.3 Å². The molecule has 3 aromatic heterocycles. The Morgan fingerprint density at radius 1 is 1.19 bits per heavy atom. The number of pyridine rings is 1. The summed E-state index contributed by atoms with van der Waals surface area (Å²) in [7, 11) is 1.33. The van der Waals surface area contributed by atoms with Crippen LogP contribution in [0.1, 0.15) is 61.9 Å². The third-order valence-corrected chi connectivity index (χ3v) is 5.08. The monoisotopic (exact) mass is 440 g/mol. The number of anilines is 2. The molecule has 0 aliphatic heterocycles. The number of fused-ring (bicyclic) bond motifs is 1. The van der Waals surface area contributed by atoms with Gasteiger partial charge in [0.25, 0.3) is 5.91 Å². The first kappa shape index (κ1) is 23.4. The molecule has 3 rings (SSSR count). The number of nitrogens with one attached hydrogen (secondary N) is 2. The maximum Gasteiger partial charge on any atom is 0.356 e. The lowest BCUT2D eigenvalue weighted by molar-refractivity contribution is 0.0589. The minimum absolute atomic E-state index is 0.246. The first-order chi connectivity index (χ1) is 15.2. The Labute approximate surface area is 188 Å². The predicted molar refractivity (Wildman–Crippen MR) is 125 cm³/mol. The summed E-state index contributed by atoms with van der Waals surface area (Å²) in [4.78, 5) is 30.3. The fourth-order valence-corrected chi connectivity index (χ4v) is 3.91. The molecule has 8 heteroatoms. The number of carbonyl (C=O) groups excluding carboxylic acids is 2. The van der Waals surface area contributed by atoms with Crippen molar-refractivity contribution in [3.8, 4) is 0 Å². The zero-order valence-electron chi connectivity index (χ0n) is 19.6. The largest absolute Gasteiger partial charge is 0.472 e. The average Bonchev–Trinajstić information content (AvgIpc) is 3.34. The number of carbonyl (C=O) groups is 2. The van der Waals surface area contributed by atoms with Crippen LogP contribution in [0.4, 0.5) is 11.4 Å². The standard InChI is InChI=1S/C24H32N4O4/c1-14(2)9-16(5)26-18-10-19-20(27-23(29)17-7-8-32-13-17)21(24(30)31-6)28(12-15(3)4)22(19)25-11-18/h7-8,10-11,13-16,26H,9,12H2,1-6H3,(H,27,29)/t16-/m1/s1. The topological polar surface area (TPSA) is 98.4 Å². The number of esters is 1. The number of ether oxygens (including phenoxy) is 1. The molecule has 0 bridgehead atoms. The molecular formula is C24H32N4O4. The van der Waals surface area contributed by atoms with Crippen LogP contribution in [0, 0.1) is 11.8 Å². The van der Waals surface area contributed by atoms with Gasteiger partial charge in [-0.1, -0.05) is 27.7 Å². The maximum atomic E-state index is 12.8. The van der Waals surface area contributed by atoms with Gasteiger partial charge in [0.05, 0.1) is 36.5 Å². The van der Waals surface area contributed by atoms with E-state index >= 15 is 0 Å². The van der Waals surface area contributed by atoms with Gasteiger partial charge in [0.2, 0.25) is 0 Å². The van der Waals surface area contributed by atoms with Crippen LogP contribution in [0.2, 0.25) is 0 Å². The number of nitrogens with zero attached hydrogens (tertiary/aromatic N) is 2. The molecule has 1 amide bonds. The second-order valence-electron chi connectivity index (χ2n) is 8.96. The zero-order valence-corrected chi connectivity index (χ0v) is 19.6. The molecule has 3 aromatic rings. The molecule has 8 nitrogen and oxygen atoms in total. The van der Waals surface area contributed by atoms with Gasteiger partial charge < -0.3 is 24.4 Å². The van der Waals surface area contributed by atoms with E-state index in [1.165, 1.54) is 19.6 Å². The van der Waals surface area contributed by atoms with E-state index in [4.69, 9.17) is 9.15 Å². The Bertz CT molecular complexity index is 1080. The summed E-state index contributed by atoms with van der Waals surface area (Å²) >= 11 is 0. The molecule has 0 aromatic carbocycles. The third-order valence-electron chi connectivity index (χ3n) is 5.08. The van der Waals surface area contributed by atoms with Crippen molar-refractivity contribution < 1.29 is 18.7 Å². The van der Waals surface area contributed by atoms with E-state index < -0.39 is 5.97 Å². The molecule has 0 saturated heterocycles. The number of methoxy groups -OCH3 is 1. The Morgan fingerprint density at radius 2 is 1.94 bits per heavy atom. The van der Waals surface area contributed by atoms with Gasteiger partial charge >= 0.3 is 5.97 Å². The second-order valence-corrected chi connectivity index (χ2v) is 8.96. The summed E-state index contributed by atoms with van der Waals surface area (Å²) in [5, 5.41) is 7.03. The van der Waals surface area contributed by atoms with Crippen molar-refractivity contribution in [2.75, 3.05) is 17.7 Å². The van der Waals surface area contributed by atoms with Crippen LogP contribution in [-0.4, -0.2) is 34.6 Å². The Balaban J connectivity index is 2.14. The van der Waals surface area contributed by atoms with Gasteiger partial charge in [-0.25, -0.2) is 9.78 Å². The molecule has 0 aliphatic rings. The van der Waals surface area contributed by atoms with Crippen LogP contribution in [-0.2, 0) is 11.3 Å². The first-order valence-electron chi connectivity index (χ1n) is 10.9. The fraction of sp³-hybridized carbons (Fsp3) is 0.458. The zero-order chi connectivity index (χ0) is 23.4. The van der Waals surface area contributed by atoms with E-state index in [1.54, 1.807) is 12.3 Å². The summed E-state index contributed by atoms with van der Waals surface area (Å²) in [6.07, 6.45) is 5.56. The van der Waals surface area contributed by atoms with Gasteiger partial charge in [-0.05, 0) is 37.3 Å². The Morgan fingerprint density at radius 3 is 2.53 bits per heavy atom. The molecule has 0 radical (unpaired) electrons. The SMILES string of the molecule is COC(=O)c1c(NC(=O)c2ccoc2)c2cc(N[C@H](C)CC(C)C)cnc2n1CC(C)C. The molecule has 172 valence electrons. The minimum Gasteiger partial charge on any atom is -0.472 e. The number of rotatable bonds is 9. The normalized spacial score (nSPS) is 12.4. The minimum atomic E-state index is -0.533. The van der Waals surface area contributed by atoms with Crippen LogP contribution in [0.25, 0.3) is 11.0 Å². The molecular weight excluding hydrogens is 408 g/mol. The lowest BCUT2D eigenvalue weighted by Gasteiger charge is -2.17. The molecule has 0 unspecified atom stereocenters. The van der Waals surface area contributed by atoms with Crippen molar-refractivity contribution in [1.82, 2.24) is 9.55 Å². The highest BCUT2D eigenvalue weighted by molar-refractivity contribution is 6.14. The van der Waals surface area contributed by atoms with Gasteiger partial charge in [0.15, 0.2) is 5.69 Å². The molecule has 0 aliphatic carbocycles. The summed E-state index contributed by atoms with van der Waals surface area (Å²) in [5.41, 5.74) is 2.45. The molecule has 1 atom stereocenters. The van der Waals surface area contributed by atoms with Crippen LogP contribution in [0.5, 0.6) is 0 Å². The number of furan rings is 1. The van der Waals surface area contributed by atoms with Gasteiger partial charge in [-0.3, -0.25) is 4.79 Å². The smallest absolute Gasteiger partial charge is 0.356 e. The molecule has 3 heterocycles. The number of amides is 1. The number of aromatic nitrogens is 2. The number of hydrogen-bond acceptors (Lipinski definition) is 6. The number of hydrogen-bond donors (Lipinski definition) is 2. The lowest BCUT2D eigenvalue weighted by Crippen LogP contribution is -2.18. The highest BCUT2D eigenvalue weighted by Crippen LogP contribution is 2.34. The van der Waals surface area contributed by atoms with E-state index in [0.717, 1.165) is 12.1 Å². The van der Waals surface area contributed by atoms with E-state index in [0.29, 0.717) is 34.7 Å². The van der Waals surface area contributed by atoms with Crippen LogP contribution in [0.3, 0.4) is 0 Å². The van der Waals surface area contributed by atoms with E-state index in [2.05, 4.69) is 50.2 Å². The highest BCUT2D eigenvalue weighted by atomic mass is 16.5. The predicted octanol–water partition coefficient (Wildman–Crippen LogP) is 5.17.